The van der Waals surface area contributed by atoms with Crippen LogP contribution < -0.4 is 0 Å². The number of alkyl halides is 4. The summed E-state index contributed by atoms with van der Waals surface area (Å²) in [5.74, 6) is 1.08. The molecule has 2 unspecified atom stereocenters. The van der Waals surface area contributed by atoms with Gasteiger partial charge in [0.15, 0.2) is 0 Å². The Bertz CT molecular complexity index is 182. The Hall–Kier alpha value is 1.56. The fourth-order valence-corrected chi connectivity index (χ4v) is 3.59. The van der Waals surface area contributed by atoms with Crippen molar-refractivity contribution in [2.75, 3.05) is 25.0 Å². The second-order valence-corrected chi connectivity index (χ2v) is 7.27. The molecule has 0 N–H and O–H groups in total. The molecule has 0 aliphatic rings. The maximum Gasteiger partial charge on any atom is 0.697 e. The number of rotatable bonds is 10. The van der Waals surface area contributed by atoms with Gasteiger partial charge in [0.2, 0.25) is 0 Å². The molecule has 16 heavy (non-hydrogen) atoms. The van der Waals surface area contributed by atoms with Crippen LogP contribution in [-0.2, 0) is 13.6 Å². The van der Waals surface area contributed by atoms with E-state index < -0.39 is 8.25 Å². The van der Waals surface area contributed by atoms with E-state index in [1.807, 2.05) is 0 Å². The van der Waals surface area contributed by atoms with E-state index in [1.165, 1.54) is 0 Å². The van der Waals surface area contributed by atoms with Crippen molar-refractivity contribution in [1.29, 1.82) is 0 Å². The van der Waals surface area contributed by atoms with E-state index in [1.54, 1.807) is 0 Å². The number of hydrogen-bond acceptors (Lipinski definition) is 3. The van der Waals surface area contributed by atoms with Crippen LogP contribution in [0.2, 0.25) is 0 Å². The van der Waals surface area contributed by atoms with Crippen molar-refractivity contribution < 1.29 is 13.6 Å². The fourth-order valence-electron chi connectivity index (χ4n) is 0.724. The van der Waals surface area contributed by atoms with E-state index in [0.717, 1.165) is 12.8 Å². The van der Waals surface area contributed by atoms with Crippen molar-refractivity contribution in [2.24, 2.45) is 0 Å². The number of hydrogen-bond donors (Lipinski definition) is 0. The first-order valence-electron chi connectivity index (χ1n) is 4.73. The van der Waals surface area contributed by atoms with Crippen molar-refractivity contribution in [1.82, 2.24) is 0 Å². The summed E-state index contributed by atoms with van der Waals surface area (Å²) in [5.41, 5.74) is 0. The lowest BCUT2D eigenvalue weighted by Gasteiger charge is -2.02. The molecule has 96 valence electrons. The van der Waals surface area contributed by atoms with Crippen LogP contribution >= 0.6 is 63.3 Å². The van der Waals surface area contributed by atoms with Gasteiger partial charge in [0.05, 0.1) is 0 Å². The minimum absolute atomic E-state index is 0.107. The van der Waals surface area contributed by atoms with Gasteiger partial charge in [-0.2, -0.15) is 0 Å². The largest absolute Gasteiger partial charge is 0.697 e. The minimum Gasteiger partial charge on any atom is -0.127 e. The average molecular weight is 420 g/mol. The molecule has 0 heterocycles. The predicted molar refractivity (Wildman–Crippen MR) is 75.6 cm³/mol. The van der Waals surface area contributed by atoms with Gasteiger partial charge in [-0.3, -0.25) is 0 Å². The first-order valence-corrected chi connectivity index (χ1v) is 8.72. The monoisotopic (exact) mass is 417 g/mol. The molecular weight excluding hydrogens is 406 g/mol. The molecule has 0 spiro atoms. The average Bonchev–Trinajstić information content (AvgIpc) is 2.24. The number of halogens is 4. The van der Waals surface area contributed by atoms with E-state index in [2.05, 4.69) is 31.9 Å². The highest BCUT2D eigenvalue weighted by Gasteiger charge is 2.23. The Morgan fingerprint density at radius 2 is 1.38 bits per heavy atom. The third-order valence-electron chi connectivity index (χ3n) is 1.57. The molecule has 0 rings (SSSR count). The smallest absolute Gasteiger partial charge is 0.127 e. The van der Waals surface area contributed by atoms with Crippen LogP contribution in [-0.4, -0.2) is 34.6 Å². The SMILES string of the molecule is O=[P+](OCC(Br)CCCl)OCC(Br)CCCl. The van der Waals surface area contributed by atoms with Crippen molar-refractivity contribution in [2.45, 2.75) is 22.5 Å². The molecule has 0 radical (unpaired) electrons. The van der Waals surface area contributed by atoms with Gasteiger partial charge in [0, 0.05) is 26.0 Å². The van der Waals surface area contributed by atoms with Crippen LogP contribution in [0.15, 0.2) is 0 Å². The van der Waals surface area contributed by atoms with Crippen LogP contribution in [0.3, 0.4) is 0 Å². The van der Waals surface area contributed by atoms with Crippen LogP contribution in [0.25, 0.3) is 0 Å². The third kappa shape index (κ3) is 10.7. The summed E-state index contributed by atoms with van der Waals surface area (Å²) < 4.78 is 21.3. The van der Waals surface area contributed by atoms with E-state index in [4.69, 9.17) is 32.2 Å². The van der Waals surface area contributed by atoms with Crippen LogP contribution in [0, 0.1) is 0 Å². The van der Waals surface area contributed by atoms with Crippen molar-refractivity contribution in [3.8, 4) is 0 Å². The zero-order valence-electron chi connectivity index (χ0n) is 8.58. The molecule has 0 saturated carbocycles. The summed E-state index contributed by atoms with van der Waals surface area (Å²) >= 11 is 17.8. The third-order valence-corrected chi connectivity index (χ3v) is 4.17. The second kappa shape index (κ2) is 11.6. The van der Waals surface area contributed by atoms with E-state index >= 15 is 0 Å². The zero-order chi connectivity index (χ0) is 12.4. The Morgan fingerprint density at radius 3 is 1.69 bits per heavy atom. The standard InChI is InChI=1S/C8H14Br2Cl2O3P/c9-7(1-3-11)5-14-16(13)15-6-8(10)2-4-12/h7-8H,1-6H2/q+1. The van der Waals surface area contributed by atoms with Gasteiger partial charge < -0.3 is 0 Å². The van der Waals surface area contributed by atoms with Gasteiger partial charge in [0.25, 0.3) is 0 Å². The Kier molecular flexibility index (Phi) is 12.8. The second-order valence-electron chi connectivity index (χ2n) is 2.97. The van der Waals surface area contributed by atoms with Crippen molar-refractivity contribution in [3.63, 3.8) is 0 Å². The molecule has 0 aromatic heterocycles. The van der Waals surface area contributed by atoms with Crippen molar-refractivity contribution in [3.05, 3.63) is 0 Å². The van der Waals surface area contributed by atoms with Crippen LogP contribution in [0.4, 0.5) is 0 Å². The summed E-state index contributed by atoms with van der Waals surface area (Å²) in [7, 11) is -2.06. The Morgan fingerprint density at radius 1 is 1.00 bits per heavy atom. The molecule has 0 fully saturated rings. The highest BCUT2D eigenvalue weighted by atomic mass is 79.9. The maximum absolute atomic E-state index is 11.3. The van der Waals surface area contributed by atoms with E-state index in [9.17, 15) is 4.57 Å². The molecule has 3 nitrogen and oxygen atoms in total. The highest BCUT2D eigenvalue weighted by Crippen LogP contribution is 2.27. The topological polar surface area (TPSA) is 35.5 Å². The maximum atomic E-state index is 11.3. The summed E-state index contributed by atoms with van der Waals surface area (Å²) in [5, 5.41) is 0. The summed E-state index contributed by atoms with van der Waals surface area (Å²) in [6, 6.07) is 0. The molecule has 0 aromatic carbocycles. The quantitative estimate of drug-likeness (QED) is 0.387. The summed E-state index contributed by atoms with van der Waals surface area (Å²) in [4.78, 5) is 0.213. The van der Waals surface area contributed by atoms with Crippen LogP contribution in [0.1, 0.15) is 12.8 Å². The van der Waals surface area contributed by atoms with Crippen LogP contribution in [0.5, 0.6) is 0 Å². The summed E-state index contributed by atoms with van der Waals surface area (Å²) in [6.07, 6.45) is 1.52. The lowest BCUT2D eigenvalue weighted by Crippen LogP contribution is -2.09. The fraction of sp³-hybridized carbons (Fsp3) is 1.00. The Labute approximate surface area is 124 Å². The lowest BCUT2D eigenvalue weighted by atomic mass is 10.4. The van der Waals surface area contributed by atoms with Crippen molar-refractivity contribution >= 4 is 63.3 Å². The Balaban J connectivity index is 3.51. The molecule has 0 saturated heterocycles. The first-order chi connectivity index (χ1) is 7.60. The summed E-state index contributed by atoms with van der Waals surface area (Å²) in [6.45, 7) is 0.648. The molecule has 0 amide bonds. The molecule has 0 aliphatic carbocycles. The van der Waals surface area contributed by atoms with Gasteiger partial charge in [-0.1, -0.05) is 31.9 Å². The minimum atomic E-state index is -2.06. The lowest BCUT2D eigenvalue weighted by molar-refractivity contribution is 0.227. The van der Waals surface area contributed by atoms with E-state index in [-0.39, 0.29) is 9.65 Å². The van der Waals surface area contributed by atoms with E-state index in [0.29, 0.717) is 25.0 Å². The molecule has 8 heteroatoms. The zero-order valence-corrected chi connectivity index (χ0v) is 14.2. The predicted octanol–water partition coefficient (Wildman–Crippen LogP) is 4.46. The van der Waals surface area contributed by atoms with Gasteiger partial charge in [-0.05, 0) is 12.8 Å². The molecule has 2 atom stereocenters. The van der Waals surface area contributed by atoms with Gasteiger partial charge in [-0.25, -0.2) is 0 Å². The molecular formula is C8H14Br2Cl2O3P+. The normalized spacial score (nSPS) is 15.9. The first kappa shape index (κ1) is 17.6. The van der Waals surface area contributed by atoms with Gasteiger partial charge in [-0.15, -0.1) is 32.2 Å². The highest BCUT2D eigenvalue weighted by molar-refractivity contribution is 9.09. The molecule has 0 bridgehead atoms. The van der Waals surface area contributed by atoms with Gasteiger partial charge in [0.1, 0.15) is 13.2 Å². The molecule has 0 aromatic rings. The van der Waals surface area contributed by atoms with Gasteiger partial charge >= 0.3 is 8.25 Å². The molecule has 0 aliphatic heterocycles.